The van der Waals surface area contributed by atoms with Gasteiger partial charge in [-0.3, -0.25) is 9.69 Å². The van der Waals surface area contributed by atoms with Gasteiger partial charge in [0, 0.05) is 38.6 Å². The summed E-state index contributed by atoms with van der Waals surface area (Å²) in [6, 6.07) is 4.92. The predicted molar refractivity (Wildman–Crippen MR) is 111 cm³/mol. The number of ether oxygens (including phenoxy) is 1. The van der Waals surface area contributed by atoms with Crippen LogP contribution in [0.4, 0.5) is 16.4 Å². The van der Waals surface area contributed by atoms with Gasteiger partial charge in [0.05, 0.1) is 18.2 Å². The fourth-order valence-corrected chi connectivity index (χ4v) is 3.87. The first-order chi connectivity index (χ1) is 14.5. The third kappa shape index (κ3) is 3.80. The van der Waals surface area contributed by atoms with E-state index >= 15 is 0 Å². The second-order valence-corrected chi connectivity index (χ2v) is 7.62. The van der Waals surface area contributed by atoms with Crippen molar-refractivity contribution in [2.24, 2.45) is 0 Å². The molecule has 2 aromatic heterocycles. The normalized spacial score (nSPS) is 19.2. The molecule has 4 rings (SSSR count). The summed E-state index contributed by atoms with van der Waals surface area (Å²) in [7, 11) is 0. The fraction of sp³-hybridized carbons (Fsp3) is 0.429. The number of piperazine rings is 1. The lowest BCUT2D eigenvalue weighted by Crippen LogP contribution is -2.49. The molecule has 158 valence electrons. The Balaban J connectivity index is 1.40. The Hall–Kier alpha value is -3.20. The number of carbonyl (C=O) groups excluding carboxylic acids is 2. The highest BCUT2D eigenvalue weighted by Crippen LogP contribution is 2.22. The van der Waals surface area contributed by atoms with Crippen molar-refractivity contribution in [2.75, 3.05) is 49.2 Å². The van der Waals surface area contributed by atoms with Gasteiger partial charge >= 0.3 is 6.09 Å². The molecule has 1 atom stereocenters. The molecule has 0 aromatic carbocycles. The van der Waals surface area contributed by atoms with Gasteiger partial charge in [0.15, 0.2) is 0 Å². The van der Waals surface area contributed by atoms with Crippen LogP contribution in [-0.2, 0) is 4.74 Å². The molecule has 2 aliphatic rings. The van der Waals surface area contributed by atoms with Crippen molar-refractivity contribution in [3.8, 4) is 0 Å². The van der Waals surface area contributed by atoms with Crippen LogP contribution >= 0.6 is 0 Å². The Morgan fingerprint density at radius 2 is 1.93 bits per heavy atom. The molecule has 0 aliphatic carbocycles. The van der Waals surface area contributed by atoms with Crippen molar-refractivity contribution in [1.29, 1.82) is 0 Å². The highest BCUT2D eigenvalue weighted by molar-refractivity contribution is 5.95. The molecule has 9 nitrogen and oxygen atoms in total. The molecule has 2 fully saturated rings. The van der Waals surface area contributed by atoms with Crippen LogP contribution in [0.25, 0.3) is 0 Å². The Kier molecular flexibility index (Phi) is 5.54. The quantitative estimate of drug-likeness (QED) is 0.811. The zero-order chi connectivity index (χ0) is 21.3. The van der Waals surface area contributed by atoms with Crippen molar-refractivity contribution in [2.45, 2.75) is 19.9 Å². The number of aromatic nitrogens is 2. The summed E-state index contributed by atoms with van der Waals surface area (Å²) in [4.78, 5) is 38.9. The average molecular weight is 411 g/mol. The minimum absolute atomic E-state index is 0.0926. The molecule has 0 radical (unpaired) electrons. The Morgan fingerprint density at radius 1 is 1.17 bits per heavy atom. The molecule has 2 saturated heterocycles. The van der Waals surface area contributed by atoms with Crippen LogP contribution in [0.5, 0.6) is 0 Å². The van der Waals surface area contributed by atoms with Gasteiger partial charge in [-0.25, -0.2) is 14.8 Å². The number of anilines is 2. The Labute approximate surface area is 174 Å². The fourth-order valence-electron chi connectivity index (χ4n) is 3.87. The molecule has 1 N–H and O–H groups in total. The van der Waals surface area contributed by atoms with Crippen LogP contribution in [0.3, 0.4) is 0 Å². The number of amides is 2. The Morgan fingerprint density at radius 3 is 2.57 bits per heavy atom. The maximum Gasteiger partial charge on any atom is 0.416 e. The molecule has 0 saturated carbocycles. The van der Waals surface area contributed by atoms with Gasteiger partial charge in [-0.15, -0.1) is 0 Å². The topological polar surface area (TPSA) is 99.1 Å². The Bertz CT molecular complexity index is 941. The van der Waals surface area contributed by atoms with Gasteiger partial charge in [-0.1, -0.05) is 6.07 Å². The van der Waals surface area contributed by atoms with Gasteiger partial charge in [-0.2, -0.15) is 0 Å². The number of aliphatic hydroxyl groups excluding tert-OH is 1. The molecular formula is C21H25N5O4. The van der Waals surface area contributed by atoms with E-state index in [-0.39, 0.29) is 19.1 Å². The van der Waals surface area contributed by atoms with Gasteiger partial charge in [-0.05, 0) is 37.1 Å². The molecule has 2 aromatic rings. The van der Waals surface area contributed by atoms with E-state index in [1.165, 1.54) is 11.1 Å². The van der Waals surface area contributed by atoms with E-state index in [2.05, 4.69) is 27.9 Å². The van der Waals surface area contributed by atoms with Gasteiger partial charge in [0.1, 0.15) is 18.2 Å². The first-order valence-corrected chi connectivity index (χ1v) is 9.98. The molecule has 2 amide bonds. The summed E-state index contributed by atoms with van der Waals surface area (Å²) >= 11 is 0. The van der Waals surface area contributed by atoms with E-state index in [0.29, 0.717) is 37.6 Å². The molecular weight excluding hydrogens is 386 g/mol. The van der Waals surface area contributed by atoms with Crippen LogP contribution in [0.15, 0.2) is 30.6 Å². The third-order valence-electron chi connectivity index (χ3n) is 5.47. The first kappa shape index (κ1) is 20.1. The molecule has 0 bridgehead atoms. The van der Waals surface area contributed by atoms with E-state index in [1.807, 2.05) is 13.1 Å². The second-order valence-electron chi connectivity index (χ2n) is 7.62. The smallest absolute Gasteiger partial charge is 0.416 e. The van der Waals surface area contributed by atoms with Crippen molar-refractivity contribution >= 4 is 23.6 Å². The summed E-state index contributed by atoms with van der Waals surface area (Å²) in [5.41, 5.74) is 2.73. The first-order valence-electron chi connectivity index (χ1n) is 9.98. The lowest BCUT2D eigenvalue weighted by molar-refractivity contribution is 0.0746. The number of hydrogen-bond acceptors (Lipinski definition) is 7. The van der Waals surface area contributed by atoms with E-state index in [4.69, 9.17) is 4.74 Å². The van der Waals surface area contributed by atoms with Crippen LogP contribution in [0, 0.1) is 13.8 Å². The molecule has 9 heteroatoms. The monoisotopic (exact) mass is 411 g/mol. The number of nitrogens with zero attached hydrogens (tertiary/aromatic N) is 5. The van der Waals surface area contributed by atoms with Crippen molar-refractivity contribution in [3.63, 3.8) is 0 Å². The van der Waals surface area contributed by atoms with Crippen molar-refractivity contribution < 1.29 is 19.4 Å². The lowest BCUT2D eigenvalue weighted by atomic mass is 10.2. The average Bonchev–Trinajstić information content (AvgIpc) is 3.14. The lowest BCUT2D eigenvalue weighted by Gasteiger charge is -2.36. The van der Waals surface area contributed by atoms with Crippen molar-refractivity contribution in [3.05, 3.63) is 47.3 Å². The maximum absolute atomic E-state index is 12.9. The van der Waals surface area contributed by atoms with Crippen LogP contribution in [0.1, 0.15) is 21.5 Å². The SMILES string of the molecule is Cc1cnc(N2CCN(C(=O)c3ccc(N4C(=O)OC[C@H]4CO)nc3)CC2)c(C)c1. The minimum Gasteiger partial charge on any atom is -0.447 e. The third-order valence-corrected chi connectivity index (χ3v) is 5.47. The van der Waals surface area contributed by atoms with Crippen LogP contribution < -0.4 is 9.80 Å². The highest BCUT2D eigenvalue weighted by Gasteiger charge is 2.34. The molecule has 4 heterocycles. The predicted octanol–water partition coefficient (Wildman–Crippen LogP) is 1.37. The number of aryl methyl sites for hydroxylation is 2. The number of carbonyl (C=O) groups is 2. The summed E-state index contributed by atoms with van der Waals surface area (Å²) in [6.07, 6.45) is 2.79. The van der Waals surface area contributed by atoms with E-state index in [1.54, 1.807) is 17.0 Å². The van der Waals surface area contributed by atoms with E-state index in [9.17, 15) is 14.7 Å². The minimum atomic E-state index is -0.545. The summed E-state index contributed by atoms with van der Waals surface area (Å²) in [5, 5.41) is 9.39. The maximum atomic E-state index is 12.9. The number of hydrogen-bond donors (Lipinski definition) is 1. The molecule has 2 aliphatic heterocycles. The molecule has 0 unspecified atom stereocenters. The van der Waals surface area contributed by atoms with Gasteiger partial charge in [0.2, 0.25) is 0 Å². The van der Waals surface area contributed by atoms with Crippen LogP contribution in [-0.4, -0.2) is 77.4 Å². The van der Waals surface area contributed by atoms with E-state index in [0.717, 1.165) is 16.9 Å². The van der Waals surface area contributed by atoms with Crippen molar-refractivity contribution in [1.82, 2.24) is 14.9 Å². The van der Waals surface area contributed by atoms with E-state index < -0.39 is 12.1 Å². The summed E-state index contributed by atoms with van der Waals surface area (Å²) < 4.78 is 4.96. The molecule has 0 spiro atoms. The highest BCUT2D eigenvalue weighted by atomic mass is 16.6. The van der Waals surface area contributed by atoms with Gasteiger partial charge in [0.25, 0.3) is 5.91 Å². The second kappa shape index (κ2) is 8.27. The number of aliphatic hydroxyl groups is 1. The number of pyridine rings is 2. The number of cyclic esters (lactones) is 1. The summed E-state index contributed by atoms with van der Waals surface area (Å²) in [5.74, 6) is 1.23. The largest absolute Gasteiger partial charge is 0.447 e. The van der Waals surface area contributed by atoms with Crippen LogP contribution in [0.2, 0.25) is 0 Å². The molecule has 30 heavy (non-hydrogen) atoms. The zero-order valence-corrected chi connectivity index (χ0v) is 17.1. The zero-order valence-electron chi connectivity index (χ0n) is 17.1. The summed E-state index contributed by atoms with van der Waals surface area (Å²) in [6.45, 7) is 6.61. The standard InChI is InChI=1S/C21H25N5O4/c1-14-9-15(2)19(23-10-14)24-5-7-25(8-6-24)20(28)16-3-4-18(22-11-16)26-17(12-27)13-30-21(26)29/h3-4,9-11,17,27H,5-8,12-13H2,1-2H3/t17-/m1/s1. The van der Waals surface area contributed by atoms with Gasteiger partial charge < -0.3 is 19.6 Å². The number of rotatable bonds is 4.